The summed E-state index contributed by atoms with van der Waals surface area (Å²) in [5.74, 6) is 0.953. The monoisotopic (exact) mass is 358 g/mol. The van der Waals surface area contributed by atoms with E-state index in [1.54, 1.807) is 43.5 Å². The van der Waals surface area contributed by atoms with Crippen LogP contribution in [0.5, 0.6) is 11.5 Å². The molecule has 0 aromatic heterocycles. The van der Waals surface area contributed by atoms with Crippen molar-refractivity contribution in [2.24, 2.45) is 5.10 Å². The summed E-state index contributed by atoms with van der Waals surface area (Å²) in [5, 5.41) is 4.53. The van der Waals surface area contributed by atoms with Crippen molar-refractivity contribution in [2.75, 3.05) is 6.61 Å². The molecule has 0 aliphatic heterocycles. The summed E-state index contributed by atoms with van der Waals surface area (Å²) in [6.45, 7) is 5.69. The Hall–Kier alpha value is -2.79. The van der Waals surface area contributed by atoms with Gasteiger partial charge in [-0.15, -0.1) is 0 Å². The number of hydrogen-bond donors (Lipinski definition) is 1. The molecule has 2 aromatic rings. The molecule has 0 fully saturated rings. The van der Waals surface area contributed by atoms with E-state index in [9.17, 15) is 4.79 Å². The van der Waals surface area contributed by atoms with Gasteiger partial charge in [0.15, 0.2) is 6.10 Å². The number of nitrogens with one attached hydrogen (secondary N) is 1. The molecule has 0 spiro atoms. The van der Waals surface area contributed by atoms with Crippen molar-refractivity contribution in [3.63, 3.8) is 0 Å². The van der Waals surface area contributed by atoms with E-state index in [4.69, 9.17) is 21.1 Å². The van der Waals surface area contributed by atoms with Crippen LogP contribution in [0.2, 0.25) is 5.02 Å². The van der Waals surface area contributed by atoms with Crippen molar-refractivity contribution in [2.45, 2.75) is 13.0 Å². The first-order valence-electron chi connectivity index (χ1n) is 7.67. The molecule has 0 heterocycles. The third-order valence-corrected chi connectivity index (χ3v) is 3.38. The highest BCUT2D eigenvalue weighted by atomic mass is 35.5. The zero-order valence-corrected chi connectivity index (χ0v) is 14.6. The summed E-state index contributed by atoms with van der Waals surface area (Å²) in [6, 6.07) is 14.1. The van der Waals surface area contributed by atoms with E-state index in [1.807, 2.05) is 24.3 Å². The van der Waals surface area contributed by atoms with Crippen molar-refractivity contribution < 1.29 is 14.3 Å². The minimum Gasteiger partial charge on any atom is -0.490 e. The normalized spacial score (nSPS) is 11.8. The Morgan fingerprint density at radius 1 is 1.20 bits per heavy atom. The van der Waals surface area contributed by atoms with Gasteiger partial charge in [-0.25, -0.2) is 5.43 Å². The van der Waals surface area contributed by atoms with Crippen molar-refractivity contribution in [1.82, 2.24) is 5.43 Å². The van der Waals surface area contributed by atoms with Gasteiger partial charge in [0, 0.05) is 5.02 Å². The van der Waals surface area contributed by atoms with Crippen molar-refractivity contribution in [3.05, 3.63) is 71.8 Å². The second kappa shape index (κ2) is 9.49. The van der Waals surface area contributed by atoms with Crippen LogP contribution in [0.25, 0.3) is 0 Å². The van der Waals surface area contributed by atoms with Gasteiger partial charge in [-0.3, -0.25) is 4.79 Å². The lowest BCUT2D eigenvalue weighted by Gasteiger charge is -2.12. The molecule has 0 radical (unpaired) electrons. The van der Waals surface area contributed by atoms with Crippen LogP contribution < -0.4 is 14.9 Å². The molecule has 0 aliphatic rings. The molecule has 5 nitrogen and oxygen atoms in total. The number of nitrogens with zero attached hydrogens (tertiary/aromatic N) is 1. The first-order chi connectivity index (χ1) is 12.1. The van der Waals surface area contributed by atoms with Crippen LogP contribution >= 0.6 is 11.6 Å². The second-order valence-electron chi connectivity index (χ2n) is 5.12. The molecular weight excluding hydrogens is 340 g/mol. The maximum atomic E-state index is 12.0. The van der Waals surface area contributed by atoms with E-state index in [0.29, 0.717) is 17.4 Å². The summed E-state index contributed by atoms with van der Waals surface area (Å²) < 4.78 is 10.9. The highest BCUT2D eigenvalue weighted by Crippen LogP contribution is 2.16. The van der Waals surface area contributed by atoms with E-state index in [0.717, 1.165) is 11.3 Å². The van der Waals surface area contributed by atoms with Gasteiger partial charge in [-0.2, -0.15) is 5.10 Å². The maximum absolute atomic E-state index is 12.0. The number of hydrazone groups is 1. The zero-order valence-electron chi connectivity index (χ0n) is 13.8. The Kier molecular flexibility index (Phi) is 7.04. The number of ether oxygens (including phenoxy) is 2. The van der Waals surface area contributed by atoms with E-state index in [1.165, 1.54) is 0 Å². The topological polar surface area (TPSA) is 59.9 Å². The van der Waals surface area contributed by atoms with Gasteiger partial charge in [-0.1, -0.05) is 24.3 Å². The number of amides is 1. The van der Waals surface area contributed by atoms with Gasteiger partial charge in [-0.05, 0) is 61.0 Å². The molecule has 0 saturated carbocycles. The molecule has 6 heteroatoms. The van der Waals surface area contributed by atoms with Gasteiger partial charge < -0.3 is 9.47 Å². The maximum Gasteiger partial charge on any atom is 0.280 e. The number of carbonyl (C=O) groups excluding carboxylic acids is 1. The van der Waals surface area contributed by atoms with E-state index < -0.39 is 6.10 Å². The number of rotatable bonds is 8. The van der Waals surface area contributed by atoms with Crippen LogP contribution in [-0.4, -0.2) is 24.8 Å². The molecule has 25 heavy (non-hydrogen) atoms. The van der Waals surface area contributed by atoms with Gasteiger partial charge in [0.05, 0.1) is 6.21 Å². The molecule has 130 valence electrons. The van der Waals surface area contributed by atoms with Gasteiger partial charge >= 0.3 is 0 Å². The summed E-state index contributed by atoms with van der Waals surface area (Å²) in [5.41, 5.74) is 3.28. The summed E-state index contributed by atoms with van der Waals surface area (Å²) in [7, 11) is 0. The lowest BCUT2D eigenvalue weighted by atomic mass is 10.2. The molecule has 2 rings (SSSR count). The van der Waals surface area contributed by atoms with Gasteiger partial charge in [0.25, 0.3) is 5.91 Å². The fourth-order valence-electron chi connectivity index (χ4n) is 1.84. The lowest BCUT2D eigenvalue weighted by molar-refractivity contribution is -0.127. The summed E-state index contributed by atoms with van der Waals surface area (Å²) in [6.07, 6.45) is 2.54. The van der Waals surface area contributed by atoms with Crippen LogP contribution in [-0.2, 0) is 4.79 Å². The summed E-state index contributed by atoms with van der Waals surface area (Å²) in [4.78, 5) is 12.0. The fraction of sp³-hybridized carbons (Fsp3) is 0.158. The molecular formula is C19H19ClN2O3. The zero-order chi connectivity index (χ0) is 18.1. The fourth-order valence-corrected chi connectivity index (χ4v) is 1.96. The largest absolute Gasteiger partial charge is 0.490 e. The highest BCUT2D eigenvalue weighted by Gasteiger charge is 2.13. The predicted molar refractivity (Wildman–Crippen MR) is 99.4 cm³/mol. The Balaban J connectivity index is 1.82. The standard InChI is InChI=1S/C19H19ClN2O3/c1-3-12-24-17-8-4-15(5-9-17)13-21-22-19(23)14(2)25-18-10-6-16(20)7-11-18/h3-11,13-14H,1,12H2,2H3,(H,22,23)/b21-13-/t14-/m0/s1. The number of halogens is 1. The molecule has 0 unspecified atom stereocenters. The van der Waals surface area contributed by atoms with Crippen LogP contribution in [0.3, 0.4) is 0 Å². The SMILES string of the molecule is C=CCOc1ccc(/C=N\NC(=O)[C@H](C)Oc2ccc(Cl)cc2)cc1. The Bertz CT molecular complexity index is 727. The molecule has 0 aliphatic carbocycles. The quantitative estimate of drug-likeness (QED) is 0.443. The Morgan fingerprint density at radius 3 is 2.48 bits per heavy atom. The number of benzene rings is 2. The van der Waals surface area contributed by atoms with Crippen LogP contribution in [0, 0.1) is 0 Å². The minimum atomic E-state index is -0.687. The smallest absolute Gasteiger partial charge is 0.280 e. The molecule has 2 aromatic carbocycles. The summed E-state index contributed by atoms with van der Waals surface area (Å²) >= 11 is 5.81. The van der Waals surface area contributed by atoms with Crippen LogP contribution in [0.1, 0.15) is 12.5 Å². The predicted octanol–water partition coefficient (Wildman–Crippen LogP) is 3.82. The van der Waals surface area contributed by atoms with E-state index in [2.05, 4.69) is 17.1 Å². The lowest BCUT2D eigenvalue weighted by Crippen LogP contribution is -2.33. The third kappa shape index (κ3) is 6.31. The van der Waals surface area contributed by atoms with Crippen molar-refractivity contribution >= 4 is 23.7 Å². The van der Waals surface area contributed by atoms with Crippen LogP contribution in [0.4, 0.5) is 0 Å². The Morgan fingerprint density at radius 2 is 1.84 bits per heavy atom. The van der Waals surface area contributed by atoms with Crippen molar-refractivity contribution in [1.29, 1.82) is 0 Å². The van der Waals surface area contributed by atoms with E-state index >= 15 is 0 Å². The number of carbonyl (C=O) groups is 1. The molecule has 1 N–H and O–H groups in total. The van der Waals surface area contributed by atoms with Gasteiger partial charge in [0.2, 0.25) is 0 Å². The average molecular weight is 359 g/mol. The minimum absolute atomic E-state index is 0.350. The molecule has 0 bridgehead atoms. The van der Waals surface area contributed by atoms with Crippen molar-refractivity contribution in [3.8, 4) is 11.5 Å². The van der Waals surface area contributed by atoms with E-state index in [-0.39, 0.29) is 5.91 Å². The number of hydrogen-bond acceptors (Lipinski definition) is 4. The Labute approximate surface area is 151 Å². The van der Waals surface area contributed by atoms with Gasteiger partial charge in [0.1, 0.15) is 18.1 Å². The molecule has 0 saturated heterocycles. The molecule has 1 atom stereocenters. The molecule has 1 amide bonds. The average Bonchev–Trinajstić information content (AvgIpc) is 2.62. The third-order valence-electron chi connectivity index (χ3n) is 3.13. The first kappa shape index (κ1) is 18.5. The van der Waals surface area contributed by atoms with Crippen LogP contribution in [0.15, 0.2) is 66.3 Å². The second-order valence-corrected chi connectivity index (χ2v) is 5.55. The highest BCUT2D eigenvalue weighted by molar-refractivity contribution is 6.30. The first-order valence-corrected chi connectivity index (χ1v) is 8.05.